The Kier molecular flexibility index (Phi) is 5.27. The molecule has 1 aromatic carbocycles. The van der Waals surface area contributed by atoms with Gasteiger partial charge in [-0.2, -0.15) is 0 Å². The van der Waals surface area contributed by atoms with E-state index >= 15 is 0 Å². The summed E-state index contributed by atoms with van der Waals surface area (Å²) >= 11 is 0. The lowest BCUT2D eigenvalue weighted by Gasteiger charge is -2.16. The van der Waals surface area contributed by atoms with E-state index in [1.165, 1.54) is 12.5 Å². The summed E-state index contributed by atoms with van der Waals surface area (Å²) in [5, 5.41) is 2.37. The van der Waals surface area contributed by atoms with Crippen LogP contribution in [0.2, 0.25) is 0 Å². The lowest BCUT2D eigenvalue weighted by atomic mass is 10.1. The minimum atomic E-state index is -1.05. The molecule has 24 heavy (non-hydrogen) atoms. The van der Waals surface area contributed by atoms with Crippen LogP contribution in [0.15, 0.2) is 24.7 Å². The largest absolute Gasteiger partial charge is 0.467 e. The first-order chi connectivity index (χ1) is 11.5. The fourth-order valence-electron chi connectivity index (χ4n) is 2.04. The zero-order chi connectivity index (χ0) is 17.7. The van der Waals surface area contributed by atoms with E-state index in [1.54, 1.807) is 0 Å². The fraction of sp³-hybridized carbons (Fsp3) is 0.188. The second-order valence-corrected chi connectivity index (χ2v) is 4.79. The number of benzene rings is 1. The van der Waals surface area contributed by atoms with Gasteiger partial charge in [-0.25, -0.2) is 18.6 Å². The van der Waals surface area contributed by atoms with Crippen LogP contribution >= 0.6 is 0 Å². The lowest BCUT2D eigenvalue weighted by molar-refractivity contribution is -0.142. The van der Waals surface area contributed by atoms with Gasteiger partial charge in [0.2, 0.25) is 0 Å². The van der Waals surface area contributed by atoms with Crippen LogP contribution in [0.1, 0.15) is 21.6 Å². The molecule has 0 bridgehead atoms. The molecule has 2 aromatic rings. The molecule has 0 fully saturated rings. The van der Waals surface area contributed by atoms with Crippen LogP contribution in [0, 0.1) is 24.0 Å². The van der Waals surface area contributed by atoms with Crippen LogP contribution in [0.4, 0.5) is 8.78 Å². The number of H-pyrrole nitrogens is 1. The van der Waals surface area contributed by atoms with Gasteiger partial charge in [0.15, 0.2) is 0 Å². The Morgan fingerprint density at radius 3 is 2.58 bits per heavy atom. The van der Waals surface area contributed by atoms with Gasteiger partial charge >= 0.3 is 5.97 Å². The third-order valence-electron chi connectivity index (χ3n) is 3.22. The third-order valence-corrected chi connectivity index (χ3v) is 3.22. The number of rotatable bonds is 5. The number of terminal acetylenes is 1. The summed E-state index contributed by atoms with van der Waals surface area (Å²) in [5.74, 6) is -1.76. The van der Waals surface area contributed by atoms with Gasteiger partial charge in [-0.05, 0) is 12.1 Å². The second-order valence-electron chi connectivity index (χ2n) is 4.79. The molecular weight excluding hydrogens is 320 g/mol. The number of halogens is 2. The van der Waals surface area contributed by atoms with Crippen molar-refractivity contribution in [3.05, 3.63) is 53.1 Å². The number of hydrogen-bond donors (Lipinski definition) is 2. The average molecular weight is 333 g/mol. The zero-order valence-electron chi connectivity index (χ0n) is 12.6. The van der Waals surface area contributed by atoms with Gasteiger partial charge in [0.1, 0.15) is 17.7 Å². The predicted molar refractivity (Wildman–Crippen MR) is 79.9 cm³/mol. The Morgan fingerprint density at radius 2 is 2.08 bits per heavy atom. The number of ether oxygens (including phenoxy) is 1. The molecule has 0 saturated carbocycles. The molecule has 0 unspecified atom stereocenters. The summed E-state index contributed by atoms with van der Waals surface area (Å²) < 4.78 is 32.0. The molecule has 1 amide bonds. The van der Waals surface area contributed by atoms with Crippen LogP contribution in [-0.2, 0) is 16.0 Å². The van der Waals surface area contributed by atoms with Crippen molar-refractivity contribution in [1.82, 2.24) is 15.3 Å². The summed E-state index contributed by atoms with van der Waals surface area (Å²) in [6, 6.07) is 0.553. The van der Waals surface area contributed by atoms with E-state index in [1.807, 2.05) is 5.92 Å². The van der Waals surface area contributed by atoms with Gasteiger partial charge in [0.25, 0.3) is 5.91 Å². The number of amides is 1. The molecule has 1 aromatic heterocycles. The van der Waals surface area contributed by atoms with E-state index in [4.69, 9.17) is 6.42 Å². The fourth-order valence-corrected chi connectivity index (χ4v) is 2.04. The quantitative estimate of drug-likeness (QED) is 0.636. The Bertz CT molecular complexity index is 774. The maximum absolute atomic E-state index is 13.7. The maximum atomic E-state index is 13.7. The van der Waals surface area contributed by atoms with Crippen molar-refractivity contribution in [2.24, 2.45) is 0 Å². The molecule has 0 radical (unpaired) electrons. The van der Waals surface area contributed by atoms with Crippen molar-refractivity contribution in [2.45, 2.75) is 12.5 Å². The molecule has 2 rings (SSSR count). The van der Waals surface area contributed by atoms with E-state index in [2.05, 4.69) is 20.0 Å². The van der Waals surface area contributed by atoms with Gasteiger partial charge in [-0.15, -0.1) is 6.42 Å². The topological polar surface area (TPSA) is 84.1 Å². The van der Waals surface area contributed by atoms with Crippen molar-refractivity contribution in [3.63, 3.8) is 0 Å². The standard InChI is InChI=1S/C16H13F2N3O3/c1-3-11-12(17)4-9(5-13(11)18)15(22)21-14(16(23)24-2)6-10-7-19-8-20-10/h1,4-5,7-8,14H,6H2,2H3,(H,19,20)(H,21,22)/t14-/m1/s1. The highest BCUT2D eigenvalue weighted by Crippen LogP contribution is 2.15. The number of aromatic nitrogens is 2. The summed E-state index contributed by atoms with van der Waals surface area (Å²) in [7, 11) is 1.16. The van der Waals surface area contributed by atoms with Crippen LogP contribution in [0.25, 0.3) is 0 Å². The average Bonchev–Trinajstić information content (AvgIpc) is 3.06. The highest BCUT2D eigenvalue weighted by atomic mass is 19.1. The Labute approximate surface area is 136 Å². The van der Waals surface area contributed by atoms with E-state index in [-0.39, 0.29) is 12.0 Å². The van der Waals surface area contributed by atoms with E-state index in [0.717, 1.165) is 19.2 Å². The number of nitrogens with one attached hydrogen (secondary N) is 2. The summed E-state index contributed by atoms with van der Waals surface area (Å²) in [6.45, 7) is 0. The van der Waals surface area contributed by atoms with Crippen molar-refractivity contribution in [2.75, 3.05) is 7.11 Å². The molecule has 0 aliphatic carbocycles. The number of imidazole rings is 1. The number of carbonyl (C=O) groups is 2. The highest BCUT2D eigenvalue weighted by Gasteiger charge is 2.24. The third kappa shape index (κ3) is 3.76. The smallest absolute Gasteiger partial charge is 0.328 e. The first-order valence-electron chi connectivity index (χ1n) is 6.77. The molecule has 6 nitrogen and oxygen atoms in total. The molecular formula is C16H13F2N3O3. The molecule has 1 atom stereocenters. The first-order valence-corrected chi connectivity index (χ1v) is 6.77. The van der Waals surface area contributed by atoms with Crippen molar-refractivity contribution in [3.8, 4) is 12.3 Å². The molecule has 2 N–H and O–H groups in total. The molecule has 0 spiro atoms. The maximum Gasteiger partial charge on any atom is 0.328 e. The van der Waals surface area contributed by atoms with Gasteiger partial charge in [0, 0.05) is 23.9 Å². The van der Waals surface area contributed by atoms with Crippen LogP contribution < -0.4 is 5.32 Å². The van der Waals surface area contributed by atoms with Crippen LogP contribution in [-0.4, -0.2) is 35.0 Å². The molecule has 8 heteroatoms. The van der Waals surface area contributed by atoms with E-state index in [9.17, 15) is 18.4 Å². The molecule has 1 heterocycles. The summed E-state index contributed by atoms with van der Waals surface area (Å²) in [4.78, 5) is 30.6. The number of methoxy groups -OCH3 is 1. The number of esters is 1. The zero-order valence-corrected chi connectivity index (χ0v) is 12.6. The number of carbonyl (C=O) groups excluding carboxylic acids is 2. The molecule has 124 valence electrons. The molecule has 0 saturated heterocycles. The molecule has 0 aliphatic rings. The first kappa shape index (κ1) is 17.1. The Morgan fingerprint density at radius 1 is 1.42 bits per heavy atom. The van der Waals surface area contributed by atoms with Crippen LogP contribution in [0.5, 0.6) is 0 Å². The van der Waals surface area contributed by atoms with Crippen molar-refractivity contribution >= 4 is 11.9 Å². The summed E-state index contributed by atoms with van der Waals surface area (Å²) in [5.41, 5.74) is -0.290. The van der Waals surface area contributed by atoms with Crippen molar-refractivity contribution < 1.29 is 23.1 Å². The number of nitrogens with zero attached hydrogens (tertiary/aromatic N) is 1. The number of aromatic amines is 1. The normalized spacial score (nSPS) is 11.4. The molecule has 0 aliphatic heterocycles. The highest BCUT2D eigenvalue weighted by molar-refractivity contribution is 5.97. The van der Waals surface area contributed by atoms with Gasteiger partial charge in [-0.1, -0.05) is 5.92 Å². The van der Waals surface area contributed by atoms with Gasteiger partial charge in [0.05, 0.1) is 19.0 Å². The van der Waals surface area contributed by atoms with Gasteiger partial charge < -0.3 is 15.0 Å². The van der Waals surface area contributed by atoms with E-state index in [0.29, 0.717) is 5.69 Å². The summed E-state index contributed by atoms with van der Waals surface area (Å²) in [6.07, 6.45) is 7.95. The van der Waals surface area contributed by atoms with Crippen LogP contribution in [0.3, 0.4) is 0 Å². The van der Waals surface area contributed by atoms with Gasteiger partial charge in [-0.3, -0.25) is 4.79 Å². The number of hydrogen-bond acceptors (Lipinski definition) is 4. The Hall–Kier alpha value is -3.21. The van der Waals surface area contributed by atoms with E-state index < -0.39 is 35.1 Å². The second kappa shape index (κ2) is 7.37. The minimum Gasteiger partial charge on any atom is -0.467 e. The minimum absolute atomic E-state index is 0.0752. The van der Waals surface area contributed by atoms with Crippen molar-refractivity contribution in [1.29, 1.82) is 0 Å². The SMILES string of the molecule is C#Cc1c(F)cc(C(=O)N[C@H](Cc2cnc[nH]2)C(=O)OC)cc1F. The Balaban J connectivity index is 2.21. The lowest BCUT2D eigenvalue weighted by Crippen LogP contribution is -2.43. The monoisotopic (exact) mass is 333 g/mol. The predicted octanol–water partition coefficient (Wildman–Crippen LogP) is 1.18.